The van der Waals surface area contributed by atoms with Gasteiger partial charge in [0.1, 0.15) is 0 Å². The Morgan fingerprint density at radius 1 is 1.41 bits per heavy atom. The molecule has 0 bridgehead atoms. The van der Waals surface area contributed by atoms with Crippen LogP contribution in [0.3, 0.4) is 0 Å². The summed E-state index contributed by atoms with van der Waals surface area (Å²) in [7, 11) is 1.59. The molecular weight excluding hydrogens is 370 g/mol. The first-order valence-electron chi connectivity index (χ1n) is 6.91. The predicted octanol–water partition coefficient (Wildman–Crippen LogP) is 2.70. The quantitative estimate of drug-likeness (QED) is 0.781. The second-order valence-corrected chi connectivity index (χ2v) is 6.01. The van der Waals surface area contributed by atoms with Gasteiger partial charge in [-0.1, -0.05) is 29.3 Å². The molecule has 7 heteroatoms. The Hall–Kier alpha value is -1.11. The third-order valence-electron chi connectivity index (χ3n) is 3.14. The largest absolute Gasteiger partial charge is 0.335 e. The zero-order chi connectivity index (χ0) is 16.0. The lowest BCUT2D eigenvalue weighted by atomic mass is 10.1. The van der Waals surface area contributed by atoms with Crippen LogP contribution in [0.15, 0.2) is 22.7 Å². The summed E-state index contributed by atoms with van der Waals surface area (Å²) < 4.78 is 0.954. The Morgan fingerprint density at radius 3 is 2.59 bits per heavy atom. The Labute approximate surface area is 146 Å². The van der Waals surface area contributed by atoms with Crippen molar-refractivity contribution in [3.63, 3.8) is 0 Å². The number of aryl methyl sites for hydroxylation is 1. The fourth-order valence-corrected chi connectivity index (χ4v) is 2.44. The van der Waals surface area contributed by atoms with Crippen molar-refractivity contribution < 1.29 is 9.59 Å². The highest BCUT2D eigenvalue weighted by Gasteiger charge is 2.19. The van der Waals surface area contributed by atoms with E-state index in [0.29, 0.717) is 6.42 Å². The average Bonchev–Trinajstić information content (AvgIpc) is 2.41. The number of nitrogens with zero attached hydrogens (tertiary/aromatic N) is 1. The van der Waals surface area contributed by atoms with E-state index in [1.54, 1.807) is 7.05 Å². The van der Waals surface area contributed by atoms with Crippen LogP contribution in [0.2, 0.25) is 0 Å². The van der Waals surface area contributed by atoms with Gasteiger partial charge in [0.25, 0.3) is 0 Å². The minimum absolute atomic E-state index is 0. The van der Waals surface area contributed by atoms with Crippen LogP contribution in [-0.4, -0.2) is 36.3 Å². The molecule has 0 radical (unpaired) electrons. The van der Waals surface area contributed by atoms with Gasteiger partial charge < -0.3 is 16.0 Å². The lowest BCUT2D eigenvalue weighted by molar-refractivity contribution is -0.134. The van der Waals surface area contributed by atoms with E-state index >= 15 is 0 Å². The molecule has 3 N–H and O–H groups in total. The molecule has 0 aromatic heterocycles. The van der Waals surface area contributed by atoms with E-state index in [-0.39, 0.29) is 30.8 Å². The van der Waals surface area contributed by atoms with E-state index in [0.717, 1.165) is 22.1 Å². The van der Waals surface area contributed by atoms with Gasteiger partial charge >= 0.3 is 0 Å². The zero-order valence-corrected chi connectivity index (χ0v) is 15.5. The molecule has 1 atom stereocenters. The predicted molar refractivity (Wildman–Crippen MR) is 95.3 cm³/mol. The minimum Gasteiger partial charge on any atom is -0.335 e. The van der Waals surface area contributed by atoms with Crippen molar-refractivity contribution in [3.8, 4) is 0 Å². The van der Waals surface area contributed by atoms with Crippen molar-refractivity contribution in [2.75, 3.05) is 18.9 Å². The van der Waals surface area contributed by atoms with E-state index < -0.39 is 6.04 Å². The number of rotatable bonds is 6. The van der Waals surface area contributed by atoms with Gasteiger partial charge in [0.15, 0.2) is 0 Å². The molecular formula is C15H23BrClN3O2. The Morgan fingerprint density at radius 2 is 2.05 bits per heavy atom. The summed E-state index contributed by atoms with van der Waals surface area (Å²) in [4.78, 5) is 25.3. The highest BCUT2D eigenvalue weighted by atomic mass is 79.9. The fourth-order valence-electron chi connectivity index (χ4n) is 1.97. The number of hydrogen-bond acceptors (Lipinski definition) is 3. The number of hydrogen-bond donors (Lipinski definition) is 2. The molecule has 0 saturated heterocycles. The zero-order valence-electron chi connectivity index (χ0n) is 13.1. The topological polar surface area (TPSA) is 75.4 Å². The van der Waals surface area contributed by atoms with Crippen molar-refractivity contribution in [1.82, 2.24) is 4.90 Å². The molecule has 1 rings (SSSR count). The van der Waals surface area contributed by atoms with E-state index in [1.165, 1.54) is 4.90 Å². The van der Waals surface area contributed by atoms with E-state index in [2.05, 4.69) is 21.2 Å². The second kappa shape index (κ2) is 9.82. The number of halogens is 2. The number of nitrogens with two attached hydrogens (primary N) is 1. The lowest BCUT2D eigenvalue weighted by Gasteiger charge is -2.20. The first kappa shape index (κ1) is 20.9. The molecule has 2 amide bonds. The fraction of sp³-hybridized carbons (Fsp3) is 0.467. The van der Waals surface area contributed by atoms with Crippen LogP contribution in [0, 0.1) is 6.92 Å². The molecule has 1 unspecified atom stereocenters. The molecule has 1 aromatic carbocycles. The second-order valence-electron chi connectivity index (χ2n) is 5.10. The number of likely N-dealkylation sites (N-methyl/N-ethyl adjacent to an activating group) is 1. The molecule has 1 aromatic rings. The summed E-state index contributed by atoms with van der Waals surface area (Å²) in [5, 5.41) is 2.80. The van der Waals surface area contributed by atoms with E-state index in [9.17, 15) is 9.59 Å². The molecule has 124 valence electrons. The first-order valence-corrected chi connectivity index (χ1v) is 7.71. The summed E-state index contributed by atoms with van der Waals surface area (Å²) in [5.74, 6) is -0.445. The minimum atomic E-state index is -0.540. The van der Waals surface area contributed by atoms with Crippen LogP contribution >= 0.6 is 28.3 Å². The number of carbonyl (C=O) groups excluding carboxylic acids is 2. The standard InChI is InChI=1S/C15H22BrN3O2.ClH/c1-4-5-12(17)15(21)19(3)9-14(20)18-13-7-6-11(16)8-10(13)2;/h6-8,12H,4-5,9,17H2,1-3H3,(H,18,20);1H. The highest BCUT2D eigenvalue weighted by molar-refractivity contribution is 9.10. The van der Waals surface area contributed by atoms with Crippen molar-refractivity contribution in [2.24, 2.45) is 5.73 Å². The van der Waals surface area contributed by atoms with Gasteiger partial charge in [-0.25, -0.2) is 0 Å². The molecule has 22 heavy (non-hydrogen) atoms. The van der Waals surface area contributed by atoms with Gasteiger partial charge in [0, 0.05) is 17.2 Å². The van der Waals surface area contributed by atoms with Crippen LogP contribution in [-0.2, 0) is 9.59 Å². The van der Waals surface area contributed by atoms with Gasteiger partial charge in [-0.2, -0.15) is 0 Å². The van der Waals surface area contributed by atoms with Gasteiger partial charge in [-0.3, -0.25) is 9.59 Å². The maximum atomic E-state index is 12.0. The first-order chi connectivity index (χ1) is 9.85. The molecule has 0 aliphatic carbocycles. The van der Waals surface area contributed by atoms with Crippen LogP contribution < -0.4 is 11.1 Å². The van der Waals surface area contributed by atoms with Crippen LogP contribution in [0.25, 0.3) is 0 Å². The van der Waals surface area contributed by atoms with Crippen molar-refractivity contribution >= 4 is 45.8 Å². The van der Waals surface area contributed by atoms with Crippen LogP contribution in [0.5, 0.6) is 0 Å². The van der Waals surface area contributed by atoms with Gasteiger partial charge in [0.05, 0.1) is 12.6 Å². The number of amides is 2. The third kappa shape index (κ3) is 6.34. The number of benzene rings is 1. The normalized spacial score (nSPS) is 11.3. The average molecular weight is 393 g/mol. The SMILES string of the molecule is CCCC(N)C(=O)N(C)CC(=O)Nc1ccc(Br)cc1C.Cl. The van der Waals surface area contributed by atoms with Crippen molar-refractivity contribution in [3.05, 3.63) is 28.2 Å². The maximum absolute atomic E-state index is 12.0. The molecule has 0 aliphatic rings. The van der Waals surface area contributed by atoms with Gasteiger partial charge in [-0.15, -0.1) is 12.4 Å². The van der Waals surface area contributed by atoms with E-state index in [4.69, 9.17) is 5.73 Å². The molecule has 0 saturated carbocycles. The summed E-state index contributed by atoms with van der Waals surface area (Å²) in [6.45, 7) is 3.87. The maximum Gasteiger partial charge on any atom is 0.243 e. The van der Waals surface area contributed by atoms with E-state index in [1.807, 2.05) is 32.0 Å². The lowest BCUT2D eigenvalue weighted by Crippen LogP contribution is -2.44. The molecule has 0 fully saturated rings. The Kier molecular flexibility index (Phi) is 9.32. The molecule has 0 aliphatic heterocycles. The van der Waals surface area contributed by atoms with Crippen molar-refractivity contribution in [2.45, 2.75) is 32.7 Å². The Bertz CT molecular complexity index is 526. The summed E-state index contributed by atoms with van der Waals surface area (Å²) in [6.07, 6.45) is 1.46. The smallest absolute Gasteiger partial charge is 0.243 e. The molecule has 5 nitrogen and oxygen atoms in total. The molecule has 0 heterocycles. The van der Waals surface area contributed by atoms with Crippen LogP contribution in [0.4, 0.5) is 5.69 Å². The van der Waals surface area contributed by atoms with Crippen molar-refractivity contribution in [1.29, 1.82) is 0 Å². The monoisotopic (exact) mass is 391 g/mol. The number of anilines is 1. The molecule has 0 spiro atoms. The number of carbonyl (C=O) groups is 2. The summed E-state index contributed by atoms with van der Waals surface area (Å²) >= 11 is 3.37. The highest BCUT2D eigenvalue weighted by Crippen LogP contribution is 2.19. The van der Waals surface area contributed by atoms with Gasteiger partial charge in [-0.05, 0) is 37.1 Å². The summed E-state index contributed by atoms with van der Waals surface area (Å²) in [5.41, 5.74) is 7.46. The number of nitrogens with one attached hydrogen (secondary N) is 1. The third-order valence-corrected chi connectivity index (χ3v) is 3.63. The Balaban J connectivity index is 0.00000441. The summed E-state index contributed by atoms with van der Waals surface area (Å²) in [6, 6.07) is 5.06. The van der Waals surface area contributed by atoms with Crippen LogP contribution in [0.1, 0.15) is 25.3 Å². The van der Waals surface area contributed by atoms with Gasteiger partial charge in [0.2, 0.25) is 11.8 Å².